The number of pyridine rings is 2. The largest absolute Gasteiger partial charge is 0.383 e. The fourth-order valence-corrected chi connectivity index (χ4v) is 4.38. The van der Waals surface area contributed by atoms with Gasteiger partial charge in [-0.2, -0.15) is 0 Å². The van der Waals surface area contributed by atoms with Crippen molar-refractivity contribution in [3.05, 3.63) is 101 Å². The standard InChI is InChI=1S/C30H28N6O2.CH4/c1-18-14-26-29(34-20(18)3)36(28(35-26)25-8-5-13-32-27(25)31)24-11-9-21(10-12-24)17-33-30(38)23-7-4-6-22(16-23)15-19(2)37;/h4-14,16H,15,17H2,1-3H3,(H2,31,32)(H,33,38);1H4. The van der Waals surface area contributed by atoms with Crippen molar-refractivity contribution in [1.82, 2.24) is 24.8 Å². The van der Waals surface area contributed by atoms with Gasteiger partial charge < -0.3 is 11.1 Å². The van der Waals surface area contributed by atoms with Crippen molar-refractivity contribution in [2.24, 2.45) is 0 Å². The summed E-state index contributed by atoms with van der Waals surface area (Å²) in [6, 6.07) is 20.8. The molecule has 39 heavy (non-hydrogen) atoms. The number of nitrogens with zero attached hydrogens (tertiary/aromatic N) is 4. The number of carbonyl (C=O) groups is 2. The van der Waals surface area contributed by atoms with Crippen LogP contribution in [0.15, 0.2) is 72.9 Å². The lowest BCUT2D eigenvalue weighted by molar-refractivity contribution is -0.116. The van der Waals surface area contributed by atoms with E-state index in [1.165, 1.54) is 6.92 Å². The van der Waals surface area contributed by atoms with Gasteiger partial charge in [0.15, 0.2) is 11.5 Å². The van der Waals surface area contributed by atoms with E-state index < -0.39 is 0 Å². The maximum Gasteiger partial charge on any atom is 0.251 e. The number of fused-ring (bicyclic) bond motifs is 1. The van der Waals surface area contributed by atoms with E-state index in [-0.39, 0.29) is 19.1 Å². The number of aromatic nitrogens is 4. The predicted octanol–water partition coefficient (Wildman–Crippen LogP) is 5.38. The molecule has 3 N–H and O–H groups in total. The van der Waals surface area contributed by atoms with Crippen LogP contribution in [0.25, 0.3) is 28.2 Å². The number of aryl methyl sites for hydroxylation is 2. The minimum atomic E-state index is -0.190. The highest BCUT2D eigenvalue weighted by Gasteiger charge is 2.19. The van der Waals surface area contributed by atoms with E-state index in [2.05, 4.69) is 10.3 Å². The number of nitrogens with two attached hydrogens (primary N) is 1. The summed E-state index contributed by atoms with van der Waals surface area (Å²) < 4.78 is 1.98. The molecule has 0 aliphatic rings. The Kier molecular flexibility index (Phi) is 7.85. The number of amides is 1. The summed E-state index contributed by atoms with van der Waals surface area (Å²) in [6.07, 6.45) is 1.97. The van der Waals surface area contributed by atoms with Gasteiger partial charge >= 0.3 is 0 Å². The Morgan fingerprint density at radius 1 is 0.949 bits per heavy atom. The normalized spacial score (nSPS) is 10.7. The maximum atomic E-state index is 12.7. The molecule has 0 saturated heterocycles. The van der Waals surface area contributed by atoms with E-state index in [0.717, 1.165) is 44.8 Å². The van der Waals surface area contributed by atoms with Crippen LogP contribution in [-0.2, 0) is 17.8 Å². The molecule has 0 bridgehead atoms. The second-order valence-corrected chi connectivity index (χ2v) is 9.37. The average Bonchev–Trinajstić information content (AvgIpc) is 3.25. The summed E-state index contributed by atoms with van der Waals surface area (Å²) in [5.74, 6) is 0.923. The zero-order valence-electron chi connectivity index (χ0n) is 21.5. The molecule has 0 unspecified atom stereocenters. The number of carbonyl (C=O) groups excluding carboxylic acids is 2. The van der Waals surface area contributed by atoms with Gasteiger partial charge in [-0.05, 0) is 79.9 Å². The van der Waals surface area contributed by atoms with Gasteiger partial charge in [0.1, 0.15) is 17.1 Å². The fraction of sp³-hybridized carbons (Fsp3) is 0.194. The number of anilines is 1. The van der Waals surface area contributed by atoms with Crippen molar-refractivity contribution in [2.45, 2.75) is 41.2 Å². The van der Waals surface area contributed by atoms with Crippen LogP contribution in [0.3, 0.4) is 0 Å². The molecule has 0 saturated carbocycles. The number of ketones is 1. The number of nitrogens with one attached hydrogen (secondary N) is 1. The van der Waals surface area contributed by atoms with Crippen molar-refractivity contribution >= 4 is 28.7 Å². The molecule has 8 heteroatoms. The van der Waals surface area contributed by atoms with E-state index in [1.54, 1.807) is 24.4 Å². The van der Waals surface area contributed by atoms with Crippen molar-refractivity contribution in [1.29, 1.82) is 0 Å². The Morgan fingerprint density at radius 3 is 2.44 bits per heavy atom. The summed E-state index contributed by atoms with van der Waals surface area (Å²) in [6.45, 7) is 5.89. The minimum absolute atomic E-state index is 0. The zero-order valence-corrected chi connectivity index (χ0v) is 21.5. The van der Waals surface area contributed by atoms with Gasteiger partial charge in [0.25, 0.3) is 5.91 Å². The molecule has 5 rings (SSSR count). The average molecular weight is 521 g/mol. The first-order valence-electron chi connectivity index (χ1n) is 12.3. The van der Waals surface area contributed by atoms with E-state index in [4.69, 9.17) is 15.7 Å². The van der Waals surface area contributed by atoms with Gasteiger partial charge in [-0.15, -0.1) is 0 Å². The van der Waals surface area contributed by atoms with Crippen LogP contribution in [0.1, 0.15) is 47.1 Å². The molecule has 0 atom stereocenters. The summed E-state index contributed by atoms with van der Waals surface area (Å²) in [4.78, 5) is 38.1. The number of hydrogen-bond acceptors (Lipinski definition) is 6. The first-order valence-corrected chi connectivity index (χ1v) is 12.3. The number of Topliss-reactive ketones (excluding diaryl/α,β-unsaturated/α-hetero) is 1. The smallest absolute Gasteiger partial charge is 0.251 e. The van der Waals surface area contributed by atoms with Crippen LogP contribution in [0.4, 0.5) is 5.82 Å². The van der Waals surface area contributed by atoms with E-state index in [9.17, 15) is 9.59 Å². The lowest BCUT2D eigenvalue weighted by Gasteiger charge is -2.12. The Bertz CT molecular complexity index is 1670. The van der Waals surface area contributed by atoms with Crippen molar-refractivity contribution in [2.75, 3.05) is 5.73 Å². The number of rotatable bonds is 7. The summed E-state index contributed by atoms with van der Waals surface area (Å²) in [5.41, 5.74) is 13.6. The Hall–Kier alpha value is -4.85. The number of hydrogen-bond donors (Lipinski definition) is 2. The molecule has 0 aliphatic heterocycles. The van der Waals surface area contributed by atoms with Crippen molar-refractivity contribution in [3.8, 4) is 17.1 Å². The topological polar surface area (TPSA) is 116 Å². The van der Waals surface area contributed by atoms with Crippen LogP contribution in [0.2, 0.25) is 0 Å². The molecule has 198 valence electrons. The third kappa shape index (κ3) is 5.70. The van der Waals surface area contributed by atoms with Crippen LogP contribution >= 0.6 is 0 Å². The minimum Gasteiger partial charge on any atom is -0.383 e. The van der Waals surface area contributed by atoms with Gasteiger partial charge in [0.05, 0.1) is 5.56 Å². The Morgan fingerprint density at radius 2 is 1.72 bits per heavy atom. The van der Waals surface area contributed by atoms with E-state index in [1.807, 2.05) is 66.9 Å². The van der Waals surface area contributed by atoms with Gasteiger partial charge in [0.2, 0.25) is 0 Å². The molecule has 2 aromatic carbocycles. The predicted molar refractivity (Wildman–Crippen MR) is 155 cm³/mol. The second kappa shape index (κ2) is 11.3. The second-order valence-electron chi connectivity index (χ2n) is 9.37. The molecule has 8 nitrogen and oxygen atoms in total. The fourth-order valence-electron chi connectivity index (χ4n) is 4.38. The highest BCUT2D eigenvalue weighted by atomic mass is 16.1. The lowest BCUT2D eigenvalue weighted by Crippen LogP contribution is -2.23. The summed E-state index contributed by atoms with van der Waals surface area (Å²) in [5, 5.41) is 2.96. The lowest BCUT2D eigenvalue weighted by atomic mass is 10.1. The molecule has 0 spiro atoms. The molecule has 3 heterocycles. The number of benzene rings is 2. The number of nitrogen functional groups attached to an aromatic ring is 1. The van der Waals surface area contributed by atoms with E-state index >= 15 is 0 Å². The quantitative estimate of drug-likeness (QED) is 0.298. The SMILES string of the molecule is C.CC(=O)Cc1cccc(C(=O)NCc2ccc(-n3c(-c4cccnc4N)nc4cc(C)c(C)nc43)cc2)c1. The highest BCUT2D eigenvalue weighted by molar-refractivity contribution is 5.94. The molecule has 1 amide bonds. The first kappa shape index (κ1) is 27.2. The Labute approximate surface area is 228 Å². The van der Waals surface area contributed by atoms with Crippen LogP contribution in [0, 0.1) is 13.8 Å². The molecule has 5 aromatic rings. The molecular weight excluding hydrogens is 488 g/mol. The van der Waals surface area contributed by atoms with Gasteiger partial charge in [0, 0.05) is 36.1 Å². The highest BCUT2D eigenvalue weighted by Crippen LogP contribution is 2.31. The number of imidazole rings is 1. The third-order valence-electron chi connectivity index (χ3n) is 6.45. The molecule has 3 aromatic heterocycles. The van der Waals surface area contributed by atoms with Crippen LogP contribution in [-0.4, -0.2) is 31.2 Å². The maximum absolute atomic E-state index is 12.7. The summed E-state index contributed by atoms with van der Waals surface area (Å²) >= 11 is 0. The van der Waals surface area contributed by atoms with Crippen LogP contribution < -0.4 is 11.1 Å². The van der Waals surface area contributed by atoms with Gasteiger partial charge in [-0.3, -0.25) is 14.2 Å². The van der Waals surface area contributed by atoms with Crippen LogP contribution in [0.5, 0.6) is 0 Å². The summed E-state index contributed by atoms with van der Waals surface area (Å²) in [7, 11) is 0. The first-order chi connectivity index (χ1) is 18.3. The van der Waals surface area contributed by atoms with E-state index in [0.29, 0.717) is 30.2 Å². The molecular formula is C31H32N6O2. The van der Waals surface area contributed by atoms with Crippen molar-refractivity contribution in [3.63, 3.8) is 0 Å². The zero-order chi connectivity index (χ0) is 26.8. The Balaban J connectivity index is 0.00000353. The molecule has 0 radical (unpaired) electrons. The monoisotopic (exact) mass is 520 g/mol. The van der Waals surface area contributed by atoms with Gasteiger partial charge in [-0.25, -0.2) is 15.0 Å². The third-order valence-corrected chi connectivity index (χ3v) is 6.45. The molecule has 0 fully saturated rings. The molecule has 0 aliphatic carbocycles. The van der Waals surface area contributed by atoms with Gasteiger partial charge in [-0.1, -0.05) is 31.7 Å². The van der Waals surface area contributed by atoms with Crippen molar-refractivity contribution < 1.29 is 9.59 Å².